The number of hydrogen-bond donors (Lipinski definition) is 3. The molecular weight excluding hydrogens is 396 g/mol. The molecule has 184 valence electrons. The van der Waals surface area contributed by atoms with Gasteiger partial charge in [0.2, 0.25) is 0 Å². The molecule has 3 saturated carbocycles. The maximum atomic E-state index is 11.1. The van der Waals surface area contributed by atoms with Gasteiger partial charge in [-0.15, -0.1) is 0 Å². The Kier molecular flexibility index (Phi) is 6.71. The summed E-state index contributed by atoms with van der Waals surface area (Å²) in [4.78, 5) is 0. The van der Waals surface area contributed by atoms with Gasteiger partial charge in [0, 0.05) is 11.8 Å². The molecule has 0 saturated heterocycles. The van der Waals surface area contributed by atoms with Gasteiger partial charge in [-0.2, -0.15) is 0 Å². The summed E-state index contributed by atoms with van der Waals surface area (Å²) in [6, 6.07) is 0. The van der Waals surface area contributed by atoms with Gasteiger partial charge in [-0.3, -0.25) is 0 Å². The summed E-state index contributed by atoms with van der Waals surface area (Å²) in [6.45, 7) is 13.6. The predicted molar refractivity (Wildman–Crippen MR) is 131 cm³/mol. The van der Waals surface area contributed by atoms with Crippen LogP contribution in [-0.2, 0) is 0 Å². The second kappa shape index (κ2) is 8.68. The maximum Gasteiger partial charge on any atom is 0.0658 e. The molecule has 1 unspecified atom stereocenters. The molecule has 3 fully saturated rings. The van der Waals surface area contributed by atoms with Gasteiger partial charge in [-0.25, -0.2) is 0 Å². The lowest BCUT2D eigenvalue weighted by atomic mass is 9.46. The third kappa shape index (κ3) is 3.93. The average molecular weight is 447 g/mol. The minimum Gasteiger partial charge on any atom is -0.393 e. The highest BCUT2D eigenvalue weighted by atomic mass is 16.3. The molecule has 0 aliphatic heterocycles. The first kappa shape index (κ1) is 24.7. The lowest BCUT2D eigenvalue weighted by Gasteiger charge is -2.59. The van der Waals surface area contributed by atoms with Crippen molar-refractivity contribution in [1.82, 2.24) is 0 Å². The van der Waals surface area contributed by atoms with Crippen molar-refractivity contribution >= 4 is 0 Å². The fourth-order valence-electron chi connectivity index (χ4n) is 9.40. The molecule has 0 aromatic heterocycles. The van der Waals surface area contributed by atoms with E-state index < -0.39 is 11.7 Å². The molecule has 0 radical (unpaired) electrons. The molecule has 4 aliphatic carbocycles. The Morgan fingerprint density at radius 1 is 1.09 bits per heavy atom. The molecule has 0 aromatic carbocycles. The van der Waals surface area contributed by atoms with Crippen molar-refractivity contribution in [2.24, 2.45) is 46.3 Å². The van der Waals surface area contributed by atoms with E-state index in [4.69, 9.17) is 0 Å². The van der Waals surface area contributed by atoms with Crippen LogP contribution in [0.1, 0.15) is 106 Å². The van der Waals surface area contributed by atoms with Crippen molar-refractivity contribution in [3.8, 4) is 0 Å². The molecule has 4 aliphatic rings. The largest absolute Gasteiger partial charge is 0.393 e. The summed E-state index contributed by atoms with van der Waals surface area (Å²) in [6.07, 6.45) is 12.7. The number of aliphatic hydroxyl groups excluding tert-OH is 2. The number of allylic oxidation sites excluding steroid dienone is 1. The van der Waals surface area contributed by atoms with E-state index in [9.17, 15) is 15.3 Å². The van der Waals surface area contributed by atoms with Crippen LogP contribution in [0, 0.1) is 46.3 Å². The van der Waals surface area contributed by atoms with Crippen molar-refractivity contribution in [2.75, 3.05) is 0 Å². The number of hydrogen-bond acceptors (Lipinski definition) is 3. The smallest absolute Gasteiger partial charge is 0.0658 e. The lowest BCUT2D eigenvalue weighted by Crippen LogP contribution is -2.55. The maximum absolute atomic E-state index is 11.1. The second-order valence-corrected chi connectivity index (χ2v) is 13.3. The molecule has 0 heterocycles. The summed E-state index contributed by atoms with van der Waals surface area (Å²) in [5.41, 5.74) is 1.05. The van der Waals surface area contributed by atoms with E-state index in [2.05, 4.69) is 33.8 Å². The van der Waals surface area contributed by atoms with Crippen LogP contribution in [0.2, 0.25) is 0 Å². The molecule has 3 heteroatoms. The van der Waals surface area contributed by atoms with Crippen molar-refractivity contribution in [1.29, 1.82) is 0 Å². The monoisotopic (exact) mass is 446 g/mol. The van der Waals surface area contributed by atoms with Crippen molar-refractivity contribution in [3.05, 3.63) is 11.6 Å². The van der Waals surface area contributed by atoms with E-state index >= 15 is 0 Å². The van der Waals surface area contributed by atoms with Gasteiger partial charge in [0.1, 0.15) is 0 Å². The minimum atomic E-state index is -0.579. The molecule has 3 nitrogen and oxygen atoms in total. The van der Waals surface area contributed by atoms with Gasteiger partial charge >= 0.3 is 0 Å². The fraction of sp³-hybridized carbons (Fsp3) is 0.931. The molecule has 4 rings (SSSR count). The van der Waals surface area contributed by atoms with Crippen molar-refractivity contribution < 1.29 is 15.3 Å². The van der Waals surface area contributed by atoms with Crippen LogP contribution in [-0.4, -0.2) is 33.1 Å². The summed E-state index contributed by atoms with van der Waals surface area (Å²) in [7, 11) is 0. The summed E-state index contributed by atoms with van der Waals surface area (Å²) in [5, 5.41) is 31.9. The molecule has 10 atom stereocenters. The van der Waals surface area contributed by atoms with Crippen LogP contribution in [0.3, 0.4) is 0 Å². The number of fused-ring (bicyclic) bond motifs is 5. The van der Waals surface area contributed by atoms with E-state index in [1.165, 1.54) is 37.7 Å². The molecular formula is C29H50O3. The normalized spacial score (nSPS) is 46.0. The Balaban J connectivity index is 1.49. The van der Waals surface area contributed by atoms with E-state index in [1.807, 2.05) is 13.8 Å². The van der Waals surface area contributed by atoms with Gasteiger partial charge < -0.3 is 15.3 Å². The highest BCUT2D eigenvalue weighted by Crippen LogP contribution is 2.67. The van der Waals surface area contributed by atoms with Crippen LogP contribution >= 0.6 is 0 Å². The fourth-order valence-corrected chi connectivity index (χ4v) is 9.40. The van der Waals surface area contributed by atoms with Crippen molar-refractivity contribution in [3.63, 3.8) is 0 Å². The first-order chi connectivity index (χ1) is 14.9. The van der Waals surface area contributed by atoms with Crippen LogP contribution < -0.4 is 0 Å². The summed E-state index contributed by atoms with van der Waals surface area (Å²) < 4.78 is 0. The predicted octanol–water partition coefficient (Wildman–Crippen LogP) is 6.11. The highest BCUT2D eigenvalue weighted by Gasteiger charge is 2.60. The zero-order valence-electron chi connectivity index (χ0n) is 21.6. The summed E-state index contributed by atoms with van der Waals surface area (Å²) >= 11 is 0. The molecule has 32 heavy (non-hydrogen) atoms. The molecule has 0 spiro atoms. The first-order valence-electron chi connectivity index (χ1n) is 13.7. The topological polar surface area (TPSA) is 60.7 Å². The highest BCUT2D eigenvalue weighted by molar-refractivity contribution is 5.27. The lowest BCUT2D eigenvalue weighted by molar-refractivity contribution is -0.108. The zero-order valence-corrected chi connectivity index (χ0v) is 21.6. The zero-order chi connectivity index (χ0) is 23.5. The first-order valence-corrected chi connectivity index (χ1v) is 13.7. The van der Waals surface area contributed by atoms with Crippen LogP contribution in [0.15, 0.2) is 11.6 Å². The minimum absolute atomic E-state index is 0.131. The average Bonchev–Trinajstić information content (AvgIpc) is 3.06. The molecule has 0 amide bonds. The van der Waals surface area contributed by atoms with Crippen LogP contribution in [0.4, 0.5) is 0 Å². The Hall–Kier alpha value is -0.380. The Labute approximate surface area is 197 Å². The quantitative estimate of drug-likeness (QED) is 0.431. The number of aliphatic hydroxyl groups is 3. The third-order valence-electron chi connectivity index (χ3n) is 11.4. The Bertz CT molecular complexity index is 708. The number of rotatable bonds is 6. The summed E-state index contributed by atoms with van der Waals surface area (Å²) in [5.74, 6) is 3.89. The van der Waals surface area contributed by atoms with E-state index in [0.717, 1.165) is 37.5 Å². The van der Waals surface area contributed by atoms with Gasteiger partial charge in [-0.05, 0) is 99.7 Å². The van der Waals surface area contributed by atoms with E-state index in [1.54, 1.807) is 0 Å². The van der Waals surface area contributed by atoms with Gasteiger partial charge in [0.05, 0.1) is 17.8 Å². The van der Waals surface area contributed by atoms with Gasteiger partial charge in [0.25, 0.3) is 0 Å². The van der Waals surface area contributed by atoms with E-state index in [-0.39, 0.29) is 11.5 Å². The Morgan fingerprint density at radius 3 is 2.47 bits per heavy atom. The molecule has 0 bridgehead atoms. The third-order valence-corrected chi connectivity index (χ3v) is 11.4. The van der Waals surface area contributed by atoms with Crippen molar-refractivity contribution in [2.45, 2.75) is 124 Å². The molecule has 3 N–H and O–H groups in total. The van der Waals surface area contributed by atoms with Crippen LogP contribution in [0.25, 0.3) is 0 Å². The Morgan fingerprint density at radius 2 is 1.81 bits per heavy atom. The van der Waals surface area contributed by atoms with Crippen LogP contribution in [0.5, 0.6) is 0 Å². The standard InChI is InChI=1S/C29H50O3/c1-7-19(27(3,4)32)9-8-18(2)23-12-13-24-22-11-10-20-16-21(30)17-26(31)29(20,6)25(22)14-15-28(23,24)5/h10,18-19,21-26,30-32H,7-9,11-17H2,1-6H3/t18-,19-,21-,22?,23-,24+,25+,26+,28-,29+/m1/s1. The SMILES string of the molecule is CC[C@H](CC[C@@H](C)[C@H]1CC[C@H]2C3CC=C4C[C@@H](O)C[C@H](O)[C@]4(C)[C@H]3CC[C@]12C)C(C)(C)O. The van der Waals surface area contributed by atoms with Gasteiger partial charge in [0.15, 0.2) is 0 Å². The second-order valence-electron chi connectivity index (χ2n) is 13.3. The molecule has 0 aromatic rings. The van der Waals surface area contributed by atoms with E-state index in [0.29, 0.717) is 35.5 Å². The van der Waals surface area contributed by atoms with Gasteiger partial charge in [-0.1, -0.05) is 52.2 Å².